The van der Waals surface area contributed by atoms with E-state index in [-0.39, 0.29) is 23.1 Å². The van der Waals surface area contributed by atoms with Crippen LogP contribution >= 0.6 is 0 Å². The fourth-order valence-electron chi connectivity index (χ4n) is 3.30. The van der Waals surface area contributed by atoms with Gasteiger partial charge in [-0.15, -0.1) is 0 Å². The Bertz CT molecular complexity index is 778. The van der Waals surface area contributed by atoms with Crippen molar-refractivity contribution in [1.29, 1.82) is 0 Å². The maximum absolute atomic E-state index is 13.1. The molecule has 2 aromatic heterocycles. The van der Waals surface area contributed by atoms with Gasteiger partial charge in [0, 0.05) is 31.5 Å². The second-order valence-corrected chi connectivity index (χ2v) is 6.65. The lowest BCUT2D eigenvalue weighted by Gasteiger charge is -2.30. The van der Waals surface area contributed by atoms with Crippen LogP contribution in [0.5, 0.6) is 0 Å². The Morgan fingerprint density at radius 1 is 1.25 bits per heavy atom. The Labute approximate surface area is 141 Å². The van der Waals surface area contributed by atoms with Gasteiger partial charge in [-0.05, 0) is 39.1 Å². The number of aromatic nitrogens is 2. The summed E-state index contributed by atoms with van der Waals surface area (Å²) in [7, 11) is 3.98. The number of hydrogen-bond donors (Lipinski definition) is 0. The van der Waals surface area contributed by atoms with Crippen molar-refractivity contribution in [3.63, 3.8) is 0 Å². The molecule has 0 saturated heterocycles. The molecular formula is C18H24N4O2. The third kappa shape index (κ3) is 3.33. The molecule has 1 aliphatic carbocycles. The van der Waals surface area contributed by atoms with E-state index in [1.165, 1.54) is 10.6 Å². The average Bonchev–Trinajstić information content (AvgIpc) is 3.09. The van der Waals surface area contributed by atoms with E-state index in [4.69, 9.17) is 0 Å². The SMILES string of the molecule is CN(C)CCN(C(=O)c1cnc2ccccn2c1=O)C1CCCC1. The molecule has 2 aromatic rings. The first kappa shape index (κ1) is 16.6. The van der Waals surface area contributed by atoms with Gasteiger partial charge >= 0.3 is 0 Å². The van der Waals surface area contributed by atoms with Crippen molar-refractivity contribution in [2.45, 2.75) is 31.7 Å². The maximum Gasteiger partial charge on any atom is 0.270 e. The van der Waals surface area contributed by atoms with E-state index in [9.17, 15) is 9.59 Å². The lowest BCUT2D eigenvalue weighted by Crippen LogP contribution is -2.44. The highest BCUT2D eigenvalue weighted by Gasteiger charge is 2.29. The summed E-state index contributed by atoms with van der Waals surface area (Å²) in [4.78, 5) is 34.0. The van der Waals surface area contributed by atoms with E-state index in [2.05, 4.69) is 9.88 Å². The first-order valence-corrected chi connectivity index (χ1v) is 8.50. The molecule has 1 saturated carbocycles. The number of amides is 1. The smallest absolute Gasteiger partial charge is 0.270 e. The number of hydrogen-bond acceptors (Lipinski definition) is 4. The number of fused-ring (bicyclic) bond motifs is 1. The highest BCUT2D eigenvalue weighted by molar-refractivity contribution is 5.94. The van der Waals surface area contributed by atoms with Crippen LogP contribution in [0.4, 0.5) is 0 Å². The molecule has 0 bridgehead atoms. The Morgan fingerprint density at radius 2 is 2.00 bits per heavy atom. The van der Waals surface area contributed by atoms with Crippen LogP contribution in [0.1, 0.15) is 36.0 Å². The van der Waals surface area contributed by atoms with Crippen molar-refractivity contribution >= 4 is 11.6 Å². The molecule has 0 N–H and O–H groups in total. The molecule has 1 fully saturated rings. The second kappa shape index (κ2) is 7.13. The minimum Gasteiger partial charge on any atom is -0.334 e. The van der Waals surface area contributed by atoms with Crippen molar-refractivity contribution in [3.05, 3.63) is 46.5 Å². The fraction of sp³-hybridized carbons (Fsp3) is 0.500. The van der Waals surface area contributed by atoms with Gasteiger partial charge in [0.15, 0.2) is 0 Å². The zero-order valence-electron chi connectivity index (χ0n) is 14.3. The Balaban J connectivity index is 1.94. The van der Waals surface area contributed by atoms with Crippen LogP contribution in [-0.2, 0) is 0 Å². The molecular weight excluding hydrogens is 304 g/mol. The van der Waals surface area contributed by atoms with E-state index in [1.807, 2.05) is 25.1 Å². The molecule has 128 valence electrons. The van der Waals surface area contributed by atoms with Gasteiger partial charge in [-0.3, -0.25) is 14.0 Å². The molecule has 0 atom stereocenters. The molecule has 1 aliphatic rings. The molecule has 6 nitrogen and oxygen atoms in total. The highest BCUT2D eigenvalue weighted by Crippen LogP contribution is 2.24. The predicted octanol–water partition coefficient (Wildman–Crippen LogP) is 1.64. The van der Waals surface area contributed by atoms with Crippen molar-refractivity contribution < 1.29 is 4.79 Å². The minimum atomic E-state index is -0.293. The van der Waals surface area contributed by atoms with Crippen LogP contribution in [0.2, 0.25) is 0 Å². The lowest BCUT2D eigenvalue weighted by atomic mass is 10.1. The summed E-state index contributed by atoms with van der Waals surface area (Å²) >= 11 is 0. The summed E-state index contributed by atoms with van der Waals surface area (Å²) in [6.45, 7) is 1.41. The van der Waals surface area contributed by atoms with Crippen molar-refractivity contribution in [2.75, 3.05) is 27.2 Å². The van der Waals surface area contributed by atoms with Gasteiger partial charge in [-0.1, -0.05) is 18.9 Å². The summed E-state index contributed by atoms with van der Waals surface area (Å²) in [6, 6.07) is 5.58. The molecule has 2 heterocycles. The summed E-state index contributed by atoms with van der Waals surface area (Å²) in [5.74, 6) is -0.195. The summed E-state index contributed by atoms with van der Waals surface area (Å²) < 4.78 is 1.44. The van der Waals surface area contributed by atoms with Gasteiger partial charge < -0.3 is 9.80 Å². The Kier molecular flexibility index (Phi) is 4.94. The van der Waals surface area contributed by atoms with Crippen molar-refractivity contribution in [3.8, 4) is 0 Å². The van der Waals surface area contributed by atoms with E-state index in [0.717, 1.165) is 32.2 Å². The standard InChI is InChI=1S/C18H24N4O2/c1-20(2)11-12-21(14-7-3-4-8-14)17(23)15-13-19-16-9-5-6-10-22(16)18(15)24/h5-6,9-10,13-14H,3-4,7-8,11-12H2,1-2H3. The lowest BCUT2D eigenvalue weighted by molar-refractivity contribution is 0.0665. The maximum atomic E-state index is 13.1. The monoisotopic (exact) mass is 328 g/mol. The van der Waals surface area contributed by atoms with Crippen LogP contribution in [0.15, 0.2) is 35.4 Å². The summed E-state index contributed by atoms with van der Waals surface area (Å²) in [5.41, 5.74) is 0.419. The van der Waals surface area contributed by atoms with Crippen LogP contribution < -0.4 is 5.56 Å². The van der Waals surface area contributed by atoms with Crippen molar-refractivity contribution in [2.24, 2.45) is 0 Å². The molecule has 6 heteroatoms. The quantitative estimate of drug-likeness (QED) is 0.837. The number of nitrogens with zero attached hydrogens (tertiary/aromatic N) is 4. The van der Waals surface area contributed by atoms with E-state index in [0.29, 0.717) is 12.2 Å². The zero-order valence-corrected chi connectivity index (χ0v) is 14.3. The summed E-state index contributed by atoms with van der Waals surface area (Å²) in [5, 5.41) is 0. The molecule has 1 amide bonds. The number of likely N-dealkylation sites (N-methyl/N-ethyl adjacent to an activating group) is 1. The van der Waals surface area contributed by atoms with Gasteiger partial charge in [-0.25, -0.2) is 4.98 Å². The molecule has 0 radical (unpaired) electrons. The summed E-state index contributed by atoms with van der Waals surface area (Å²) in [6.07, 6.45) is 7.40. The molecule has 3 rings (SSSR count). The molecule has 0 spiro atoms. The molecule has 0 aliphatic heterocycles. The number of carbonyl (C=O) groups excluding carboxylic acids is 1. The van der Waals surface area contributed by atoms with Gasteiger partial charge in [-0.2, -0.15) is 0 Å². The number of rotatable bonds is 5. The Hall–Kier alpha value is -2.21. The van der Waals surface area contributed by atoms with Gasteiger partial charge in [0.05, 0.1) is 0 Å². The predicted molar refractivity (Wildman–Crippen MR) is 93.3 cm³/mol. The topological polar surface area (TPSA) is 57.9 Å². The van der Waals surface area contributed by atoms with Crippen LogP contribution in [0.3, 0.4) is 0 Å². The third-order valence-electron chi connectivity index (χ3n) is 4.66. The van der Waals surface area contributed by atoms with Gasteiger partial charge in [0.25, 0.3) is 11.5 Å². The first-order chi connectivity index (χ1) is 11.6. The zero-order chi connectivity index (χ0) is 17.1. The largest absolute Gasteiger partial charge is 0.334 e. The van der Waals surface area contributed by atoms with Crippen molar-refractivity contribution in [1.82, 2.24) is 19.2 Å². The normalized spacial score (nSPS) is 15.3. The van der Waals surface area contributed by atoms with E-state index >= 15 is 0 Å². The van der Waals surface area contributed by atoms with Crippen LogP contribution in [0.25, 0.3) is 5.65 Å². The highest BCUT2D eigenvalue weighted by atomic mass is 16.2. The van der Waals surface area contributed by atoms with Crippen LogP contribution in [-0.4, -0.2) is 58.3 Å². The fourth-order valence-corrected chi connectivity index (χ4v) is 3.30. The minimum absolute atomic E-state index is 0.157. The molecule has 24 heavy (non-hydrogen) atoms. The molecule has 0 unspecified atom stereocenters. The molecule has 0 aromatic carbocycles. The van der Waals surface area contributed by atoms with Crippen LogP contribution in [0, 0.1) is 0 Å². The van der Waals surface area contributed by atoms with Gasteiger partial charge in [0.2, 0.25) is 0 Å². The van der Waals surface area contributed by atoms with Gasteiger partial charge in [0.1, 0.15) is 11.2 Å². The third-order valence-corrected chi connectivity index (χ3v) is 4.66. The van der Waals surface area contributed by atoms with E-state index in [1.54, 1.807) is 18.3 Å². The average molecular weight is 328 g/mol. The first-order valence-electron chi connectivity index (χ1n) is 8.50. The Morgan fingerprint density at radius 3 is 2.71 bits per heavy atom. The van der Waals surface area contributed by atoms with E-state index < -0.39 is 0 Å². The number of pyridine rings is 1. The number of carbonyl (C=O) groups is 1. The second-order valence-electron chi connectivity index (χ2n) is 6.65.